The van der Waals surface area contributed by atoms with Crippen LogP contribution < -0.4 is 29.7 Å². The molecule has 47 heavy (non-hydrogen) atoms. The minimum Gasteiger partial charge on any atom is -0.494 e. The van der Waals surface area contributed by atoms with Crippen molar-refractivity contribution in [2.24, 2.45) is 0 Å². The molecule has 1 aliphatic heterocycles. The van der Waals surface area contributed by atoms with Gasteiger partial charge in [-0.3, -0.25) is 19.2 Å². The third-order valence-corrected chi connectivity index (χ3v) is 8.36. The van der Waals surface area contributed by atoms with E-state index in [0.29, 0.717) is 46.4 Å². The number of hydrogen-bond acceptors (Lipinski definition) is 8. The Morgan fingerprint density at radius 1 is 0.894 bits per heavy atom. The molecule has 2 N–H and O–H groups in total. The van der Waals surface area contributed by atoms with E-state index in [9.17, 15) is 19.2 Å². The number of ether oxygens (including phenoxy) is 3. The second kappa shape index (κ2) is 15.2. The predicted molar refractivity (Wildman–Crippen MR) is 181 cm³/mol. The number of methoxy groups -OCH3 is 2. The number of nitrogens with zero attached hydrogens (tertiary/aromatic N) is 1. The van der Waals surface area contributed by atoms with Crippen LogP contribution in [0.1, 0.15) is 29.3 Å². The summed E-state index contributed by atoms with van der Waals surface area (Å²) in [5.74, 6) is -0.0684. The second-order valence-electron chi connectivity index (χ2n) is 10.2. The number of nitrogens with one attached hydrogen (secondary N) is 2. The monoisotopic (exact) mass is 651 g/mol. The fourth-order valence-electron chi connectivity index (χ4n) is 4.93. The third kappa shape index (κ3) is 7.82. The second-order valence-corrected chi connectivity index (χ2v) is 11.5. The number of benzene rings is 4. The van der Waals surface area contributed by atoms with E-state index >= 15 is 0 Å². The van der Waals surface area contributed by atoms with Crippen LogP contribution in [0.4, 0.5) is 11.4 Å². The molecule has 0 bridgehead atoms. The van der Waals surface area contributed by atoms with Gasteiger partial charge in [0.05, 0.1) is 31.8 Å². The number of imide groups is 1. The molecule has 0 spiro atoms. The summed E-state index contributed by atoms with van der Waals surface area (Å²) in [5.41, 5.74) is 1.84. The molecule has 4 amide bonds. The lowest BCUT2D eigenvalue weighted by atomic mass is 10.1. The Balaban J connectivity index is 1.30. The van der Waals surface area contributed by atoms with E-state index in [0.717, 1.165) is 4.90 Å². The predicted octanol–water partition coefficient (Wildman–Crippen LogP) is 5.94. The van der Waals surface area contributed by atoms with E-state index in [2.05, 4.69) is 10.6 Å². The Bertz CT molecular complexity index is 1790. The Kier molecular flexibility index (Phi) is 10.6. The first-order valence-electron chi connectivity index (χ1n) is 14.8. The molecule has 1 unspecified atom stereocenters. The number of carbonyl (C=O) groups is 4. The molecular formula is C36H33N3O7S. The van der Waals surface area contributed by atoms with Crippen molar-refractivity contribution in [3.8, 4) is 17.2 Å². The maximum absolute atomic E-state index is 13.5. The summed E-state index contributed by atoms with van der Waals surface area (Å²) in [6, 6.07) is 27.5. The lowest BCUT2D eigenvalue weighted by molar-refractivity contribution is -0.121. The summed E-state index contributed by atoms with van der Waals surface area (Å²) >= 11 is 1.28. The third-order valence-electron chi connectivity index (χ3n) is 7.16. The number of thioether (sulfide) groups is 1. The topological polar surface area (TPSA) is 123 Å². The fraction of sp³-hybridized carbons (Fsp3) is 0.167. The van der Waals surface area contributed by atoms with Crippen LogP contribution >= 0.6 is 11.8 Å². The van der Waals surface area contributed by atoms with Crippen LogP contribution in [-0.2, 0) is 14.4 Å². The number of rotatable bonds is 12. The molecule has 1 atom stereocenters. The first-order valence-corrected chi connectivity index (χ1v) is 15.7. The summed E-state index contributed by atoms with van der Waals surface area (Å²) in [7, 11) is 3.00. The number of anilines is 2. The number of para-hydroxylation sites is 1. The molecule has 240 valence electrons. The van der Waals surface area contributed by atoms with Crippen molar-refractivity contribution in [3.05, 3.63) is 114 Å². The van der Waals surface area contributed by atoms with Gasteiger partial charge in [0.2, 0.25) is 11.8 Å². The van der Waals surface area contributed by atoms with Crippen molar-refractivity contribution in [2.45, 2.75) is 23.5 Å². The van der Waals surface area contributed by atoms with Gasteiger partial charge < -0.3 is 24.8 Å². The van der Waals surface area contributed by atoms with Crippen molar-refractivity contribution in [1.82, 2.24) is 5.32 Å². The molecule has 0 aromatic heterocycles. The lowest BCUT2D eigenvalue weighted by Crippen LogP contribution is -2.31. The number of carbonyl (C=O) groups excluding carboxylic acids is 4. The summed E-state index contributed by atoms with van der Waals surface area (Å²) in [6.07, 6.45) is 1.58. The maximum Gasteiger partial charge on any atom is 0.272 e. The first-order chi connectivity index (χ1) is 22.8. The number of hydrogen-bond donors (Lipinski definition) is 2. The molecule has 1 saturated heterocycles. The smallest absolute Gasteiger partial charge is 0.272 e. The molecule has 4 aromatic rings. The van der Waals surface area contributed by atoms with E-state index in [4.69, 9.17) is 14.2 Å². The van der Waals surface area contributed by atoms with Crippen molar-refractivity contribution in [2.75, 3.05) is 31.0 Å². The molecule has 0 aliphatic carbocycles. The Morgan fingerprint density at radius 3 is 2.28 bits per heavy atom. The number of amides is 4. The van der Waals surface area contributed by atoms with Gasteiger partial charge >= 0.3 is 0 Å². The Hall–Kier alpha value is -5.55. The van der Waals surface area contributed by atoms with Gasteiger partial charge in [0, 0.05) is 28.1 Å². The van der Waals surface area contributed by atoms with Gasteiger partial charge in [0.15, 0.2) is 11.5 Å². The Morgan fingerprint density at radius 2 is 1.62 bits per heavy atom. The van der Waals surface area contributed by atoms with Crippen LogP contribution in [0.15, 0.2) is 108 Å². The highest BCUT2D eigenvalue weighted by atomic mass is 32.2. The van der Waals surface area contributed by atoms with Crippen LogP contribution in [-0.4, -0.2) is 49.7 Å². The van der Waals surface area contributed by atoms with Gasteiger partial charge in [0.25, 0.3) is 11.8 Å². The zero-order valence-corrected chi connectivity index (χ0v) is 26.8. The van der Waals surface area contributed by atoms with Crippen molar-refractivity contribution < 1.29 is 33.4 Å². The zero-order valence-electron chi connectivity index (χ0n) is 26.0. The van der Waals surface area contributed by atoms with Gasteiger partial charge in [-0.1, -0.05) is 30.3 Å². The minimum absolute atomic E-state index is 0.0201. The summed E-state index contributed by atoms with van der Waals surface area (Å²) in [4.78, 5) is 54.5. The van der Waals surface area contributed by atoms with Gasteiger partial charge in [-0.25, -0.2) is 4.90 Å². The molecule has 0 radical (unpaired) electrons. The molecule has 0 saturated carbocycles. The molecule has 1 heterocycles. The van der Waals surface area contributed by atoms with Crippen molar-refractivity contribution in [3.63, 3.8) is 0 Å². The van der Waals surface area contributed by atoms with Gasteiger partial charge in [-0.05, 0) is 79.7 Å². The molecule has 10 nitrogen and oxygen atoms in total. The summed E-state index contributed by atoms with van der Waals surface area (Å²) in [5, 5.41) is 4.95. The molecule has 1 fully saturated rings. The highest BCUT2D eigenvalue weighted by Crippen LogP contribution is 2.35. The SMILES string of the molecule is CCOc1ccc(N2C(=O)CC(Sc3ccc(NC(=O)/C(=C/c4cccc(OC)c4OC)NC(=O)c4ccccc4)cc3)C2=O)cc1. The summed E-state index contributed by atoms with van der Waals surface area (Å²) < 4.78 is 16.4. The Labute approximate surface area is 276 Å². The first kappa shape index (κ1) is 32.8. The quantitative estimate of drug-likeness (QED) is 0.143. The molecule has 1 aliphatic rings. The standard InChI is InChI=1S/C36H33N3O7S/c1-4-46-27-17-15-26(16-18-27)39-32(40)22-31(36(39)43)47-28-19-13-25(14-20-28)37-35(42)29(38-34(41)23-9-6-5-7-10-23)21-24-11-8-12-30(44-2)33(24)45-3/h5-21,31H,4,22H2,1-3H3,(H,37,42)(H,38,41)/b29-21-. The van der Waals surface area contributed by atoms with Gasteiger partial charge in [0.1, 0.15) is 11.4 Å². The van der Waals surface area contributed by atoms with Crippen molar-refractivity contribution in [1.29, 1.82) is 0 Å². The van der Waals surface area contributed by atoms with Crippen LogP contribution in [0, 0.1) is 0 Å². The van der Waals surface area contributed by atoms with E-state index in [1.807, 2.05) is 6.92 Å². The fourth-order valence-corrected chi connectivity index (χ4v) is 5.98. The van der Waals surface area contributed by atoms with Crippen molar-refractivity contribution >= 4 is 52.8 Å². The minimum atomic E-state index is -0.588. The van der Waals surface area contributed by atoms with E-state index in [1.54, 1.807) is 97.1 Å². The largest absolute Gasteiger partial charge is 0.494 e. The molecule has 11 heteroatoms. The van der Waals surface area contributed by atoms with E-state index in [1.165, 1.54) is 37.0 Å². The summed E-state index contributed by atoms with van der Waals surface area (Å²) in [6.45, 7) is 2.40. The molecule has 4 aromatic carbocycles. The molecular weight excluding hydrogens is 618 g/mol. The maximum atomic E-state index is 13.5. The normalized spacial score (nSPS) is 14.5. The lowest BCUT2D eigenvalue weighted by Gasteiger charge is -2.16. The highest BCUT2D eigenvalue weighted by Gasteiger charge is 2.40. The van der Waals surface area contributed by atoms with Crippen LogP contribution in [0.3, 0.4) is 0 Å². The average Bonchev–Trinajstić information content (AvgIpc) is 3.37. The van der Waals surface area contributed by atoms with Crippen LogP contribution in [0.2, 0.25) is 0 Å². The molecule has 5 rings (SSSR count). The zero-order chi connectivity index (χ0) is 33.3. The van der Waals surface area contributed by atoms with E-state index in [-0.39, 0.29) is 23.9 Å². The average molecular weight is 652 g/mol. The van der Waals surface area contributed by atoms with E-state index < -0.39 is 17.1 Å². The van der Waals surface area contributed by atoms with Gasteiger partial charge in [-0.15, -0.1) is 11.8 Å². The van der Waals surface area contributed by atoms with Gasteiger partial charge in [-0.2, -0.15) is 0 Å². The van der Waals surface area contributed by atoms with Crippen LogP contribution in [0.25, 0.3) is 6.08 Å². The van der Waals surface area contributed by atoms with Crippen LogP contribution in [0.5, 0.6) is 17.2 Å². The highest BCUT2D eigenvalue weighted by molar-refractivity contribution is 8.00.